The molecule has 14 heteroatoms. The first-order valence-electron chi connectivity index (χ1n) is 27.3. The van der Waals surface area contributed by atoms with Crippen LogP contribution in [-0.2, 0) is 32.7 Å². The Morgan fingerprint density at radius 2 is 0.682 bits per heavy atom. The number of phosphoric ester groups is 1. The van der Waals surface area contributed by atoms with Crippen molar-refractivity contribution in [1.29, 1.82) is 0 Å². The first-order valence-corrected chi connectivity index (χ1v) is 28.8. The van der Waals surface area contributed by atoms with Crippen LogP contribution in [0.25, 0.3) is 0 Å². The number of phosphoric acid groups is 1. The summed E-state index contributed by atoms with van der Waals surface area (Å²) in [5.74, 6) is -1.08. The summed E-state index contributed by atoms with van der Waals surface area (Å²) in [4.78, 5) is 35.8. The third-order valence-corrected chi connectivity index (χ3v) is 14.2. The highest BCUT2D eigenvalue weighted by atomic mass is 31.2. The van der Waals surface area contributed by atoms with Gasteiger partial charge in [-0.15, -0.1) is 0 Å². The molecule has 1 saturated carbocycles. The van der Waals surface area contributed by atoms with Gasteiger partial charge in [-0.2, -0.15) is 0 Å². The highest BCUT2D eigenvalue weighted by Crippen LogP contribution is 2.47. The molecule has 0 saturated heterocycles. The number of aliphatic hydroxyl groups is 5. The molecule has 1 fully saturated rings. The largest absolute Gasteiger partial charge is 0.472 e. The molecule has 6 N–H and O–H groups in total. The molecule has 0 spiro atoms. The highest BCUT2D eigenvalue weighted by Gasteiger charge is 2.51. The van der Waals surface area contributed by atoms with Crippen LogP contribution in [0.3, 0.4) is 0 Å². The topological polar surface area (TPSA) is 210 Å². The number of aliphatic hydroxyl groups excluding tert-OH is 5. The van der Waals surface area contributed by atoms with E-state index in [9.17, 15) is 44.6 Å². The van der Waals surface area contributed by atoms with Gasteiger partial charge in [-0.05, 0) is 12.8 Å². The molecule has 0 aliphatic heterocycles. The molecule has 6 unspecified atom stereocenters. The van der Waals surface area contributed by atoms with Gasteiger partial charge in [0.15, 0.2) is 6.10 Å². The van der Waals surface area contributed by atoms with Gasteiger partial charge in [0.1, 0.15) is 43.2 Å². The van der Waals surface area contributed by atoms with Gasteiger partial charge in [0.05, 0.1) is 6.61 Å². The molecule has 66 heavy (non-hydrogen) atoms. The zero-order valence-electron chi connectivity index (χ0n) is 42.0. The summed E-state index contributed by atoms with van der Waals surface area (Å²) in [6.07, 6.45) is 33.0. The van der Waals surface area contributed by atoms with Crippen molar-refractivity contribution in [2.45, 2.75) is 307 Å². The van der Waals surface area contributed by atoms with Crippen LogP contribution in [0.15, 0.2) is 0 Å². The molecule has 0 aromatic rings. The summed E-state index contributed by atoms with van der Waals surface area (Å²) < 4.78 is 33.7. The van der Waals surface area contributed by atoms with Crippen LogP contribution in [0.4, 0.5) is 0 Å². The van der Waals surface area contributed by atoms with Crippen LogP contribution in [0.5, 0.6) is 0 Å². The molecule has 13 nitrogen and oxygen atoms in total. The Bertz CT molecular complexity index is 1160. The molecule has 1 aliphatic carbocycles. The van der Waals surface area contributed by atoms with Gasteiger partial charge in [0, 0.05) is 12.8 Å². The summed E-state index contributed by atoms with van der Waals surface area (Å²) in [7, 11) is -5.11. The van der Waals surface area contributed by atoms with Crippen molar-refractivity contribution in [2.24, 2.45) is 0 Å². The predicted octanol–water partition coefficient (Wildman–Crippen LogP) is 12.0. The van der Waals surface area contributed by atoms with E-state index in [1.165, 1.54) is 186 Å². The number of ether oxygens (including phenoxy) is 2. The Morgan fingerprint density at radius 3 is 1.00 bits per heavy atom. The van der Waals surface area contributed by atoms with Gasteiger partial charge in [-0.25, -0.2) is 4.57 Å². The van der Waals surface area contributed by atoms with Crippen LogP contribution < -0.4 is 0 Å². The van der Waals surface area contributed by atoms with Gasteiger partial charge in [0.2, 0.25) is 0 Å². The molecule has 0 bridgehead atoms. The minimum Gasteiger partial charge on any atom is -0.462 e. The van der Waals surface area contributed by atoms with Crippen molar-refractivity contribution < 1.29 is 63.1 Å². The Morgan fingerprint density at radius 1 is 0.409 bits per heavy atom. The van der Waals surface area contributed by atoms with Crippen LogP contribution in [0.2, 0.25) is 0 Å². The first kappa shape index (κ1) is 62.9. The average molecular weight is 965 g/mol. The Balaban J connectivity index is 2.31. The zero-order valence-corrected chi connectivity index (χ0v) is 42.9. The van der Waals surface area contributed by atoms with Crippen molar-refractivity contribution in [3.63, 3.8) is 0 Å². The maximum absolute atomic E-state index is 12.9. The van der Waals surface area contributed by atoms with Crippen molar-refractivity contribution in [2.75, 3.05) is 13.2 Å². The summed E-state index contributed by atoms with van der Waals surface area (Å²) in [5, 5.41) is 50.3. The Labute approximate surface area is 401 Å². The SMILES string of the molecule is CCCCCCCCCCCCCCCCCCCCCCCCCCC(=O)OC(COC(=O)CCCCCCCCCCCCCCC)COP(=O)(O)OC1C(O)C(O)C(O)C(O)C1O. The summed E-state index contributed by atoms with van der Waals surface area (Å²) in [6.45, 7) is 3.35. The summed E-state index contributed by atoms with van der Waals surface area (Å²) in [6, 6.07) is 0. The molecule has 0 amide bonds. The van der Waals surface area contributed by atoms with E-state index in [2.05, 4.69) is 13.8 Å². The maximum atomic E-state index is 12.9. The third kappa shape index (κ3) is 34.2. The minimum absolute atomic E-state index is 0.106. The number of carbonyl (C=O) groups is 2. The molecule has 1 rings (SSSR count). The van der Waals surface area contributed by atoms with Gasteiger partial charge >= 0.3 is 19.8 Å². The van der Waals surface area contributed by atoms with E-state index in [1.54, 1.807) is 0 Å². The van der Waals surface area contributed by atoms with Crippen LogP contribution >= 0.6 is 7.82 Å². The van der Waals surface area contributed by atoms with E-state index >= 15 is 0 Å². The summed E-state index contributed by atoms with van der Waals surface area (Å²) in [5.41, 5.74) is 0. The molecule has 392 valence electrons. The van der Waals surface area contributed by atoms with Gasteiger partial charge in [-0.3, -0.25) is 18.6 Å². The predicted molar refractivity (Wildman–Crippen MR) is 263 cm³/mol. The molecule has 1 aliphatic rings. The van der Waals surface area contributed by atoms with Crippen LogP contribution in [0.1, 0.15) is 264 Å². The second-order valence-corrected chi connectivity index (χ2v) is 20.9. The molecule has 0 aromatic carbocycles. The Kier molecular flexibility index (Phi) is 40.7. The van der Waals surface area contributed by atoms with Crippen molar-refractivity contribution in [1.82, 2.24) is 0 Å². The van der Waals surface area contributed by atoms with E-state index in [0.29, 0.717) is 12.8 Å². The van der Waals surface area contributed by atoms with Crippen LogP contribution in [0, 0.1) is 0 Å². The first-order chi connectivity index (χ1) is 31.9. The lowest BCUT2D eigenvalue weighted by atomic mass is 9.85. The molecule has 0 radical (unpaired) electrons. The fourth-order valence-corrected chi connectivity index (χ4v) is 9.79. The van der Waals surface area contributed by atoms with E-state index in [-0.39, 0.29) is 12.8 Å². The Hall–Kier alpha value is -1.15. The van der Waals surface area contributed by atoms with E-state index in [0.717, 1.165) is 38.5 Å². The lowest BCUT2D eigenvalue weighted by Gasteiger charge is -2.41. The monoisotopic (exact) mass is 965 g/mol. The van der Waals surface area contributed by atoms with Crippen molar-refractivity contribution >= 4 is 19.8 Å². The minimum atomic E-state index is -5.11. The van der Waals surface area contributed by atoms with Gasteiger partial charge in [0.25, 0.3) is 0 Å². The van der Waals surface area contributed by atoms with Crippen LogP contribution in [-0.4, -0.2) is 98.3 Å². The lowest BCUT2D eigenvalue weighted by molar-refractivity contribution is -0.220. The van der Waals surface area contributed by atoms with E-state index < -0.39 is 75.7 Å². The number of hydrogen-bond acceptors (Lipinski definition) is 12. The fraction of sp³-hybridized carbons (Fsp3) is 0.962. The van der Waals surface area contributed by atoms with E-state index in [4.69, 9.17) is 18.5 Å². The number of esters is 2. The average Bonchev–Trinajstić information content (AvgIpc) is 3.30. The number of hydrogen-bond donors (Lipinski definition) is 6. The molecule has 0 heterocycles. The maximum Gasteiger partial charge on any atom is 0.472 e. The quantitative estimate of drug-likeness (QED) is 0.0191. The molecular formula is C52H101O13P. The molecule has 6 atom stereocenters. The third-order valence-electron chi connectivity index (χ3n) is 13.2. The smallest absolute Gasteiger partial charge is 0.462 e. The standard InChI is InChI=1S/C52H101O13P/c1-3-5-7-9-11-13-15-17-18-19-20-21-22-23-24-25-26-27-29-31-33-35-37-39-41-46(54)64-44(43-63-66(60,61)65-52-50(58)48(56)47(55)49(57)51(52)59)42-62-45(53)40-38-36-34-32-30-28-16-14-12-10-8-6-4-2/h44,47-52,55-59H,3-43H2,1-2H3,(H,60,61). The van der Waals surface area contributed by atoms with Gasteiger partial charge in [-0.1, -0.05) is 239 Å². The number of unbranched alkanes of at least 4 members (excludes halogenated alkanes) is 35. The zero-order chi connectivity index (χ0) is 48.5. The molecular weight excluding hydrogens is 864 g/mol. The normalized spacial score (nSPS) is 21.2. The molecule has 0 aromatic heterocycles. The van der Waals surface area contributed by atoms with Gasteiger partial charge < -0.3 is 39.9 Å². The second kappa shape index (κ2) is 42.7. The highest BCUT2D eigenvalue weighted by molar-refractivity contribution is 7.47. The second-order valence-electron chi connectivity index (χ2n) is 19.5. The van der Waals surface area contributed by atoms with Crippen molar-refractivity contribution in [3.8, 4) is 0 Å². The number of carbonyl (C=O) groups excluding carboxylic acids is 2. The fourth-order valence-electron chi connectivity index (χ4n) is 8.82. The lowest BCUT2D eigenvalue weighted by Crippen LogP contribution is -2.64. The van der Waals surface area contributed by atoms with E-state index in [1.807, 2.05) is 0 Å². The summed E-state index contributed by atoms with van der Waals surface area (Å²) >= 11 is 0. The number of rotatable bonds is 47. The van der Waals surface area contributed by atoms with Crippen molar-refractivity contribution in [3.05, 3.63) is 0 Å².